The Morgan fingerprint density at radius 1 is 1.19 bits per heavy atom. The molecule has 26 heavy (non-hydrogen) atoms. The molecule has 0 unspecified atom stereocenters. The summed E-state index contributed by atoms with van der Waals surface area (Å²) in [5.41, 5.74) is 1.48. The monoisotopic (exact) mass is 356 g/mol. The van der Waals surface area contributed by atoms with Crippen molar-refractivity contribution in [2.45, 2.75) is 52.0 Å². The van der Waals surface area contributed by atoms with Gasteiger partial charge in [0.2, 0.25) is 0 Å². The van der Waals surface area contributed by atoms with Gasteiger partial charge in [0.25, 0.3) is 5.91 Å². The summed E-state index contributed by atoms with van der Waals surface area (Å²) in [6.07, 6.45) is 3.48. The molecule has 0 aliphatic carbocycles. The van der Waals surface area contributed by atoms with Crippen molar-refractivity contribution in [1.82, 2.24) is 19.7 Å². The van der Waals surface area contributed by atoms with E-state index in [9.17, 15) is 9.59 Å². The first kappa shape index (κ1) is 18.1. The number of aliphatic carboxylic acids is 1. The zero-order valence-electron chi connectivity index (χ0n) is 15.2. The average molecular weight is 356 g/mol. The highest BCUT2D eigenvalue weighted by molar-refractivity contribution is 5.94. The van der Waals surface area contributed by atoms with Crippen molar-refractivity contribution >= 4 is 11.9 Å². The Morgan fingerprint density at radius 3 is 2.54 bits per heavy atom. The highest BCUT2D eigenvalue weighted by Gasteiger charge is 2.27. The van der Waals surface area contributed by atoms with Crippen molar-refractivity contribution in [3.05, 3.63) is 41.5 Å². The van der Waals surface area contributed by atoms with Crippen LogP contribution in [0.15, 0.2) is 24.3 Å². The normalized spacial score (nSPS) is 17.3. The van der Waals surface area contributed by atoms with Gasteiger partial charge in [0.05, 0.1) is 5.69 Å². The van der Waals surface area contributed by atoms with E-state index in [2.05, 4.69) is 10.1 Å². The fourth-order valence-corrected chi connectivity index (χ4v) is 3.53. The SMILES string of the molecule is Cc1nc(C)n(-c2ccc(C(=O)N3CCCC[C@H]3CCC(=O)O)cc2)n1. The molecule has 0 radical (unpaired) electrons. The van der Waals surface area contributed by atoms with Crippen LogP contribution in [0, 0.1) is 13.8 Å². The lowest BCUT2D eigenvalue weighted by atomic mass is 9.97. The lowest BCUT2D eigenvalue weighted by molar-refractivity contribution is -0.137. The summed E-state index contributed by atoms with van der Waals surface area (Å²) in [4.78, 5) is 29.9. The molecule has 1 aliphatic heterocycles. The lowest BCUT2D eigenvalue weighted by Crippen LogP contribution is -2.44. The van der Waals surface area contributed by atoms with Crippen LogP contribution in [-0.2, 0) is 4.79 Å². The average Bonchev–Trinajstić information content (AvgIpc) is 2.98. The van der Waals surface area contributed by atoms with E-state index in [1.165, 1.54) is 0 Å². The summed E-state index contributed by atoms with van der Waals surface area (Å²) in [5.74, 6) is 0.660. The molecule has 1 fully saturated rings. The van der Waals surface area contributed by atoms with Gasteiger partial charge < -0.3 is 10.0 Å². The number of amides is 1. The fourth-order valence-electron chi connectivity index (χ4n) is 3.53. The first-order chi connectivity index (χ1) is 12.5. The van der Waals surface area contributed by atoms with Gasteiger partial charge in [-0.1, -0.05) is 0 Å². The summed E-state index contributed by atoms with van der Waals surface area (Å²) in [7, 11) is 0. The van der Waals surface area contributed by atoms with Crippen molar-refractivity contribution in [2.24, 2.45) is 0 Å². The summed E-state index contributed by atoms with van der Waals surface area (Å²) in [6.45, 7) is 4.42. The van der Waals surface area contributed by atoms with Crippen LogP contribution in [0.5, 0.6) is 0 Å². The molecule has 1 aliphatic rings. The van der Waals surface area contributed by atoms with Crippen molar-refractivity contribution < 1.29 is 14.7 Å². The van der Waals surface area contributed by atoms with Crippen LogP contribution in [-0.4, -0.2) is 49.2 Å². The van der Waals surface area contributed by atoms with Gasteiger partial charge in [0, 0.05) is 24.6 Å². The second-order valence-corrected chi connectivity index (χ2v) is 6.75. The molecule has 1 amide bonds. The second kappa shape index (κ2) is 7.68. The van der Waals surface area contributed by atoms with E-state index in [-0.39, 0.29) is 18.4 Å². The summed E-state index contributed by atoms with van der Waals surface area (Å²) >= 11 is 0. The number of carboxylic acids is 1. The molecule has 1 atom stereocenters. The number of carboxylic acid groups (broad SMARTS) is 1. The molecular formula is C19H24N4O3. The third kappa shape index (κ3) is 3.92. The molecule has 7 heteroatoms. The zero-order valence-corrected chi connectivity index (χ0v) is 15.2. The highest BCUT2D eigenvalue weighted by Crippen LogP contribution is 2.23. The number of likely N-dealkylation sites (tertiary alicyclic amines) is 1. The topological polar surface area (TPSA) is 88.3 Å². The van der Waals surface area contributed by atoms with Gasteiger partial charge in [-0.05, 0) is 63.8 Å². The van der Waals surface area contributed by atoms with E-state index in [0.29, 0.717) is 24.4 Å². The Labute approximate surface area is 152 Å². The van der Waals surface area contributed by atoms with E-state index in [0.717, 1.165) is 30.8 Å². The fraction of sp³-hybridized carbons (Fsp3) is 0.474. The predicted molar refractivity (Wildman–Crippen MR) is 96.4 cm³/mol. The third-order valence-corrected chi connectivity index (χ3v) is 4.81. The molecular weight excluding hydrogens is 332 g/mol. The number of rotatable bonds is 5. The molecule has 2 aromatic rings. The van der Waals surface area contributed by atoms with E-state index in [1.54, 1.807) is 16.8 Å². The van der Waals surface area contributed by atoms with E-state index in [1.807, 2.05) is 30.9 Å². The molecule has 138 valence electrons. The quantitative estimate of drug-likeness (QED) is 0.890. The maximum Gasteiger partial charge on any atom is 0.303 e. The smallest absolute Gasteiger partial charge is 0.303 e. The maximum atomic E-state index is 12.9. The molecule has 2 heterocycles. The highest BCUT2D eigenvalue weighted by atomic mass is 16.4. The lowest BCUT2D eigenvalue weighted by Gasteiger charge is -2.35. The zero-order chi connectivity index (χ0) is 18.7. The predicted octanol–water partition coefficient (Wildman–Crippen LogP) is 2.74. The van der Waals surface area contributed by atoms with Crippen LogP contribution >= 0.6 is 0 Å². The molecule has 0 saturated carbocycles. The van der Waals surface area contributed by atoms with Crippen LogP contribution in [0.1, 0.15) is 54.1 Å². The van der Waals surface area contributed by atoms with Crippen LogP contribution in [0.2, 0.25) is 0 Å². The van der Waals surface area contributed by atoms with E-state index >= 15 is 0 Å². The number of carbonyl (C=O) groups is 2. The Morgan fingerprint density at radius 2 is 1.92 bits per heavy atom. The van der Waals surface area contributed by atoms with Crippen LogP contribution in [0.4, 0.5) is 0 Å². The number of carbonyl (C=O) groups excluding carboxylic acids is 1. The molecule has 1 N–H and O–H groups in total. The van der Waals surface area contributed by atoms with Crippen molar-refractivity contribution in [2.75, 3.05) is 6.54 Å². The van der Waals surface area contributed by atoms with Crippen LogP contribution in [0.3, 0.4) is 0 Å². The summed E-state index contributed by atoms with van der Waals surface area (Å²) in [5, 5.41) is 13.3. The molecule has 1 aromatic carbocycles. The van der Waals surface area contributed by atoms with E-state index < -0.39 is 5.97 Å². The van der Waals surface area contributed by atoms with Crippen molar-refractivity contribution in [3.8, 4) is 5.69 Å². The molecule has 0 spiro atoms. The standard InChI is InChI=1S/C19H24N4O3/c1-13-20-14(2)23(21-13)17-8-6-15(7-9-17)19(26)22-12-4-3-5-16(22)10-11-18(24)25/h6-9,16H,3-5,10-12H2,1-2H3,(H,24,25)/t16-/m0/s1. The minimum absolute atomic E-state index is 0.00670. The first-order valence-electron chi connectivity index (χ1n) is 8.99. The molecule has 0 bridgehead atoms. The maximum absolute atomic E-state index is 12.9. The Hall–Kier alpha value is -2.70. The van der Waals surface area contributed by atoms with Gasteiger partial charge in [0.1, 0.15) is 11.6 Å². The number of aryl methyl sites for hydroxylation is 2. The molecule has 3 rings (SSSR count). The number of nitrogens with zero attached hydrogens (tertiary/aromatic N) is 4. The van der Waals surface area contributed by atoms with Gasteiger partial charge in [-0.15, -0.1) is 0 Å². The summed E-state index contributed by atoms with van der Waals surface area (Å²) < 4.78 is 1.75. The minimum Gasteiger partial charge on any atom is -0.481 e. The molecule has 7 nitrogen and oxygen atoms in total. The van der Waals surface area contributed by atoms with E-state index in [4.69, 9.17) is 5.11 Å². The summed E-state index contributed by atoms with van der Waals surface area (Å²) in [6, 6.07) is 7.34. The Kier molecular flexibility index (Phi) is 5.35. The third-order valence-electron chi connectivity index (χ3n) is 4.81. The van der Waals surface area contributed by atoms with Gasteiger partial charge >= 0.3 is 5.97 Å². The van der Waals surface area contributed by atoms with Crippen LogP contribution < -0.4 is 0 Å². The Balaban J connectivity index is 1.76. The minimum atomic E-state index is -0.814. The van der Waals surface area contributed by atoms with Gasteiger partial charge in [-0.2, -0.15) is 5.10 Å². The number of aromatic nitrogens is 3. The van der Waals surface area contributed by atoms with Gasteiger partial charge in [-0.3, -0.25) is 9.59 Å². The van der Waals surface area contributed by atoms with Gasteiger partial charge in [0.15, 0.2) is 0 Å². The molecule has 1 aromatic heterocycles. The number of benzene rings is 1. The second-order valence-electron chi connectivity index (χ2n) is 6.75. The van der Waals surface area contributed by atoms with Gasteiger partial charge in [-0.25, -0.2) is 9.67 Å². The van der Waals surface area contributed by atoms with Crippen molar-refractivity contribution in [1.29, 1.82) is 0 Å². The first-order valence-corrected chi connectivity index (χ1v) is 8.99. The number of piperidine rings is 1. The Bertz CT molecular complexity index is 798. The van der Waals surface area contributed by atoms with Crippen LogP contribution in [0.25, 0.3) is 5.69 Å². The number of hydrogen-bond acceptors (Lipinski definition) is 4. The largest absolute Gasteiger partial charge is 0.481 e. The number of hydrogen-bond donors (Lipinski definition) is 1. The molecule has 1 saturated heterocycles. The van der Waals surface area contributed by atoms with Crippen molar-refractivity contribution in [3.63, 3.8) is 0 Å².